The SMILES string of the molecule is CCOC(=O)NNC1=C(CC(=O)c2ccccc2)C(=O)CC(C)(C)C1. The van der Waals surface area contributed by atoms with Gasteiger partial charge in [0.1, 0.15) is 0 Å². The molecule has 25 heavy (non-hydrogen) atoms. The number of hydrogen-bond acceptors (Lipinski definition) is 5. The van der Waals surface area contributed by atoms with E-state index in [4.69, 9.17) is 4.74 Å². The molecule has 134 valence electrons. The van der Waals surface area contributed by atoms with Crippen molar-refractivity contribution >= 4 is 17.7 Å². The van der Waals surface area contributed by atoms with Crippen molar-refractivity contribution in [2.45, 2.75) is 40.0 Å². The summed E-state index contributed by atoms with van der Waals surface area (Å²) >= 11 is 0. The van der Waals surface area contributed by atoms with Crippen molar-refractivity contribution in [3.8, 4) is 0 Å². The van der Waals surface area contributed by atoms with Crippen LogP contribution in [0.1, 0.15) is 50.4 Å². The van der Waals surface area contributed by atoms with Gasteiger partial charge in [-0.15, -0.1) is 0 Å². The van der Waals surface area contributed by atoms with E-state index in [0.29, 0.717) is 29.7 Å². The maximum Gasteiger partial charge on any atom is 0.425 e. The monoisotopic (exact) mass is 344 g/mol. The molecule has 0 atom stereocenters. The Morgan fingerprint density at radius 2 is 1.84 bits per heavy atom. The van der Waals surface area contributed by atoms with Crippen molar-refractivity contribution in [2.24, 2.45) is 5.41 Å². The second kappa shape index (κ2) is 7.96. The van der Waals surface area contributed by atoms with Gasteiger partial charge >= 0.3 is 6.09 Å². The van der Waals surface area contributed by atoms with Crippen LogP contribution in [0, 0.1) is 5.41 Å². The highest BCUT2D eigenvalue weighted by molar-refractivity contribution is 6.06. The Balaban J connectivity index is 2.21. The lowest BCUT2D eigenvalue weighted by Gasteiger charge is -2.32. The number of carbonyl (C=O) groups is 3. The smallest absolute Gasteiger partial charge is 0.425 e. The van der Waals surface area contributed by atoms with Crippen LogP contribution in [0.4, 0.5) is 4.79 Å². The van der Waals surface area contributed by atoms with Gasteiger partial charge in [0.05, 0.1) is 6.61 Å². The van der Waals surface area contributed by atoms with Gasteiger partial charge in [-0.2, -0.15) is 0 Å². The second-order valence-electron chi connectivity index (χ2n) is 6.83. The third kappa shape index (κ3) is 5.17. The summed E-state index contributed by atoms with van der Waals surface area (Å²) in [7, 11) is 0. The number of benzene rings is 1. The Hall–Kier alpha value is -2.63. The molecule has 1 aromatic carbocycles. The fourth-order valence-corrected chi connectivity index (χ4v) is 2.86. The van der Waals surface area contributed by atoms with Gasteiger partial charge in [0, 0.05) is 29.7 Å². The second-order valence-corrected chi connectivity index (χ2v) is 6.83. The first kappa shape index (κ1) is 18.7. The summed E-state index contributed by atoms with van der Waals surface area (Å²) in [6.45, 7) is 5.91. The number of ether oxygens (including phenoxy) is 1. The van der Waals surface area contributed by atoms with Gasteiger partial charge in [-0.3, -0.25) is 15.0 Å². The fraction of sp³-hybridized carbons (Fsp3) is 0.421. The normalized spacial score (nSPS) is 16.4. The molecule has 0 bridgehead atoms. The van der Waals surface area contributed by atoms with E-state index in [1.54, 1.807) is 31.2 Å². The molecule has 0 fully saturated rings. The molecule has 0 heterocycles. The van der Waals surface area contributed by atoms with E-state index >= 15 is 0 Å². The lowest BCUT2D eigenvalue weighted by Crippen LogP contribution is -2.41. The number of hydrogen-bond donors (Lipinski definition) is 2. The predicted molar refractivity (Wildman–Crippen MR) is 93.7 cm³/mol. The summed E-state index contributed by atoms with van der Waals surface area (Å²) < 4.78 is 4.81. The number of ketones is 2. The number of hydrazine groups is 1. The van der Waals surface area contributed by atoms with Gasteiger partial charge in [0.15, 0.2) is 11.6 Å². The third-order valence-corrected chi connectivity index (χ3v) is 4.02. The van der Waals surface area contributed by atoms with Crippen LogP contribution >= 0.6 is 0 Å². The fourth-order valence-electron chi connectivity index (χ4n) is 2.86. The summed E-state index contributed by atoms with van der Waals surface area (Å²) in [6.07, 6.45) is 0.308. The van der Waals surface area contributed by atoms with Gasteiger partial charge in [0.25, 0.3) is 0 Å². The van der Waals surface area contributed by atoms with E-state index in [1.165, 1.54) is 0 Å². The first-order valence-corrected chi connectivity index (χ1v) is 8.34. The van der Waals surface area contributed by atoms with Gasteiger partial charge in [0.2, 0.25) is 0 Å². The Morgan fingerprint density at radius 3 is 2.48 bits per heavy atom. The van der Waals surface area contributed by atoms with E-state index in [2.05, 4.69) is 10.9 Å². The van der Waals surface area contributed by atoms with Crippen LogP contribution in [0.5, 0.6) is 0 Å². The molecule has 0 radical (unpaired) electrons. The van der Waals surface area contributed by atoms with Crippen molar-refractivity contribution in [2.75, 3.05) is 6.61 Å². The van der Waals surface area contributed by atoms with Crippen LogP contribution in [0.2, 0.25) is 0 Å². The maximum absolute atomic E-state index is 12.6. The predicted octanol–water partition coefficient (Wildman–Crippen LogP) is 3.15. The topological polar surface area (TPSA) is 84.5 Å². The molecule has 0 saturated carbocycles. The van der Waals surface area contributed by atoms with Crippen molar-refractivity contribution in [1.82, 2.24) is 10.9 Å². The Labute approximate surface area is 147 Å². The van der Waals surface area contributed by atoms with E-state index in [9.17, 15) is 14.4 Å². The van der Waals surface area contributed by atoms with E-state index in [1.807, 2.05) is 19.9 Å². The number of rotatable bonds is 6. The summed E-state index contributed by atoms with van der Waals surface area (Å²) in [6, 6.07) is 8.86. The molecule has 0 saturated heterocycles. The lowest BCUT2D eigenvalue weighted by atomic mass is 9.75. The van der Waals surface area contributed by atoms with Crippen molar-refractivity contribution in [1.29, 1.82) is 0 Å². The number of nitrogens with one attached hydrogen (secondary N) is 2. The molecule has 2 N–H and O–H groups in total. The summed E-state index contributed by atoms with van der Waals surface area (Å²) in [5.74, 6) is -0.201. The molecule has 0 aromatic heterocycles. The molecule has 0 spiro atoms. The number of Topliss-reactive ketones (excluding diaryl/α,β-unsaturated/α-hetero) is 2. The largest absolute Gasteiger partial charge is 0.449 e. The van der Waals surface area contributed by atoms with Crippen LogP contribution in [0.3, 0.4) is 0 Å². The van der Waals surface area contributed by atoms with Crippen LogP contribution in [-0.4, -0.2) is 24.3 Å². The Morgan fingerprint density at radius 1 is 1.16 bits per heavy atom. The summed E-state index contributed by atoms with van der Waals surface area (Å²) in [5, 5.41) is 0. The maximum atomic E-state index is 12.6. The minimum Gasteiger partial charge on any atom is -0.449 e. The number of carbonyl (C=O) groups excluding carboxylic acids is 3. The Bertz CT molecular complexity index is 693. The molecular formula is C19H24N2O4. The highest BCUT2D eigenvalue weighted by Crippen LogP contribution is 2.36. The van der Waals surface area contributed by atoms with Crippen LogP contribution in [0.15, 0.2) is 41.6 Å². The molecule has 0 aliphatic heterocycles. The number of amides is 1. The summed E-state index contributed by atoms with van der Waals surface area (Å²) in [5.41, 5.74) is 6.51. The van der Waals surface area contributed by atoms with Gasteiger partial charge in [-0.25, -0.2) is 10.2 Å². The van der Waals surface area contributed by atoms with Crippen LogP contribution in [-0.2, 0) is 9.53 Å². The lowest BCUT2D eigenvalue weighted by molar-refractivity contribution is -0.118. The minimum absolute atomic E-state index is 0.00572. The highest BCUT2D eigenvalue weighted by atomic mass is 16.5. The zero-order valence-corrected chi connectivity index (χ0v) is 14.8. The van der Waals surface area contributed by atoms with Crippen molar-refractivity contribution in [3.05, 3.63) is 47.2 Å². The zero-order chi connectivity index (χ0) is 18.4. The first-order chi connectivity index (χ1) is 11.8. The molecule has 6 heteroatoms. The quantitative estimate of drug-likeness (QED) is 0.612. The van der Waals surface area contributed by atoms with Gasteiger partial charge < -0.3 is 4.74 Å². The molecule has 2 rings (SSSR count). The summed E-state index contributed by atoms with van der Waals surface area (Å²) in [4.78, 5) is 36.6. The van der Waals surface area contributed by atoms with Crippen molar-refractivity contribution in [3.63, 3.8) is 0 Å². The molecular weight excluding hydrogens is 320 g/mol. The van der Waals surface area contributed by atoms with Crippen LogP contribution in [0.25, 0.3) is 0 Å². The number of allylic oxidation sites excluding steroid dienone is 2. The molecule has 0 unspecified atom stereocenters. The third-order valence-electron chi connectivity index (χ3n) is 4.02. The average molecular weight is 344 g/mol. The molecule has 6 nitrogen and oxygen atoms in total. The minimum atomic E-state index is -0.625. The van der Waals surface area contributed by atoms with E-state index < -0.39 is 6.09 Å². The van der Waals surface area contributed by atoms with Gasteiger partial charge in [-0.05, 0) is 18.8 Å². The van der Waals surface area contributed by atoms with Crippen LogP contribution < -0.4 is 10.9 Å². The van der Waals surface area contributed by atoms with E-state index in [-0.39, 0.29) is 30.0 Å². The highest BCUT2D eigenvalue weighted by Gasteiger charge is 2.34. The molecule has 1 aliphatic rings. The van der Waals surface area contributed by atoms with E-state index in [0.717, 1.165) is 0 Å². The molecule has 1 aliphatic carbocycles. The first-order valence-electron chi connectivity index (χ1n) is 8.34. The standard InChI is InChI=1S/C19H24N2O4/c1-4-25-18(24)21-20-15-11-19(2,3)12-17(23)14(15)10-16(22)13-8-6-5-7-9-13/h5-9,20H,4,10-12H2,1-3H3,(H,21,24). The zero-order valence-electron chi connectivity index (χ0n) is 14.8. The van der Waals surface area contributed by atoms with Crippen molar-refractivity contribution < 1.29 is 19.1 Å². The Kier molecular flexibility index (Phi) is 5.96. The molecule has 1 amide bonds. The van der Waals surface area contributed by atoms with Gasteiger partial charge in [-0.1, -0.05) is 44.2 Å². The molecule has 1 aromatic rings. The average Bonchev–Trinajstić information content (AvgIpc) is 2.56.